The van der Waals surface area contributed by atoms with Crippen molar-refractivity contribution in [2.75, 3.05) is 0 Å². The summed E-state index contributed by atoms with van der Waals surface area (Å²) in [6.45, 7) is 3.87. The quantitative estimate of drug-likeness (QED) is 0.905. The molecule has 2 rings (SSSR count). The average Bonchev–Trinajstić information content (AvgIpc) is 2.34. The van der Waals surface area contributed by atoms with Gasteiger partial charge in [-0.25, -0.2) is 9.37 Å². The molecule has 2 aromatic rings. The second-order valence-corrected chi connectivity index (χ2v) is 3.94. The Morgan fingerprint density at radius 1 is 1.28 bits per heavy atom. The fraction of sp³-hybridized carbons (Fsp3) is 0.231. The minimum atomic E-state index is -0.383. The average molecular weight is 247 g/mol. The molecule has 0 aliphatic heterocycles. The van der Waals surface area contributed by atoms with Crippen molar-refractivity contribution in [3.8, 4) is 11.6 Å². The van der Waals surface area contributed by atoms with Crippen LogP contribution in [0.25, 0.3) is 0 Å². The molecule has 18 heavy (non-hydrogen) atoms. The molecular weight excluding hydrogens is 233 g/mol. The van der Waals surface area contributed by atoms with Crippen LogP contribution in [0.4, 0.5) is 4.39 Å². The van der Waals surface area contributed by atoms with E-state index in [1.807, 2.05) is 13.8 Å². The first-order valence-electron chi connectivity index (χ1n) is 5.56. The zero-order valence-electron chi connectivity index (χ0n) is 10.3. The number of nitrogens with zero attached hydrogens (tertiary/aromatic N) is 2. The van der Waals surface area contributed by atoms with Gasteiger partial charge in [-0.05, 0) is 19.9 Å². The number of hydrogen-bond donors (Lipinski definition) is 1. The molecule has 94 valence electrons. The van der Waals surface area contributed by atoms with Gasteiger partial charge in [-0.2, -0.15) is 0 Å². The highest BCUT2D eigenvalue weighted by molar-refractivity contribution is 5.31. The largest absolute Gasteiger partial charge is 0.437 e. The van der Waals surface area contributed by atoms with E-state index < -0.39 is 0 Å². The Hall–Kier alpha value is -2.01. The first kappa shape index (κ1) is 12.4. The summed E-state index contributed by atoms with van der Waals surface area (Å²) in [5, 5.41) is 0. The lowest BCUT2D eigenvalue weighted by molar-refractivity contribution is 0.452. The minimum Gasteiger partial charge on any atom is -0.437 e. The van der Waals surface area contributed by atoms with Crippen molar-refractivity contribution in [1.29, 1.82) is 0 Å². The van der Waals surface area contributed by atoms with E-state index in [1.165, 1.54) is 12.3 Å². The van der Waals surface area contributed by atoms with Crippen molar-refractivity contribution < 1.29 is 9.13 Å². The van der Waals surface area contributed by atoms with Gasteiger partial charge in [0.15, 0.2) is 0 Å². The maximum atomic E-state index is 13.5. The Morgan fingerprint density at radius 3 is 2.67 bits per heavy atom. The zero-order chi connectivity index (χ0) is 13.1. The highest BCUT2D eigenvalue weighted by atomic mass is 19.1. The van der Waals surface area contributed by atoms with E-state index in [4.69, 9.17) is 10.5 Å². The third kappa shape index (κ3) is 2.62. The summed E-state index contributed by atoms with van der Waals surface area (Å²) in [5.74, 6) is 0.340. The molecular formula is C13H14FN3O. The standard InChI is InChI=1S/C13H14FN3O/c1-8-9(2)17-13(7-16-8)18-11-4-3-10(6-15)12(14)5-11/h3-5,7H,6,15H2,1-2H3. The third-order valence-electron chi connectivity index (χ3n) is 2.64. The molecule has 1 heterocycles. The molecule has 0 unspecified atom stereocenters. The summed E-state index contributed by atoms with van der Waals surface area (Å²) in [6, 6.07) is 4.54. The fourth-order valence-electron chi connectivity index (χ4n) is 1.45. The van der Waals surface area contributed by atoms with Gasteiger partial charge in [0, 0.05) is 18.2 Å². The summed E-state index contributed by atoms with van der Waals surface area (Å²) in [5.41, 5.74) is 7.46. The van der Waals surface area contributed by atoms with Crippen LogP contribution in [0.3, 0.4) is 0 Å². The molecule has 1 aromatic carbocycles. The molecule has 0 aliphatic rings. The molecule has 4 nitrogen and oxygen atoms in total. The van der Waals surface area contributed by atoms with Gasteiger partial charge in [-0.1, -0.05) is 6.07 Å². The predicted molar refractivity (Wildman–Crippen MR) is 65.9 cm³/mol. The number of nitrogens with two attached hydrogens (primary N) is 1. The number of halogens is 1. The lowest BCUT2D eigenvalue weighted by Crippen LogP contribution is -2.00. The molecule has 0 saturated carbocycles. The van der Waals surface area contributed by atoms with Crippen molar-refractivity contribution in [3.05, 3.63) is 47.2 Å². The Kier molecular flexibility index (Phi) is 3.53. The van der Waals surface area contributed by atoms with Crippen LogP contribution in [-0.4, -0.2) is 9.97 Å². The van der Waals surface area contributed by atoms with Gasteiger partial charge < -0.3 is 10.5 Å². The lowest BCUT2D eigenvalue weighted by atomic mass is 10.2. The van der Waals surface area contributed by atoms with E-state index in [-0.39, 0.29) is 12.4 Å². The molecule has 5 heteroatoms. The molecule has 0 fully saturated rings. The maximum Gasteiger partial charge on any atom is 0.238 e. The van der Waals surface area contributed by atoms with E-state index in [1.54, 1.807) is 12.1 Å². The first-order chi connectivity index (χ1) is 8.60. The van der Waals surface area contributed by atoms with Crippen LogP contribution in [0.15, 0.2) is 24.4 Å². The van der Waals surface area contributed by atoms with Crippen molar-refractivity contribution >= 4 is 0 Å². The predicted octanol–water partition coefficient (Wildman–Crippen LogP) is 2.48. The summed E-state index contributed by atoms with van der Waals surface area (Å²) in [7, 11) is 0. The minimum absolute atomic E-state index is 0.162. The summed E-state index contributed by atoms with van der Waals surface area (Å²) in [6.07, 6.45) is 1.51. The normalized spacial score (nSPS) is 10.4. The van der Waals surface area contributed by atoms with Gasteiger partial charge in [0.05, 0.1) is 17.6 Å². The third-order valence-corrected chi connectivity index (χ3v) is 2.64. The van der Waals surface area contributed by atoms with Crippen molar-refractivity contribution in [1.82, 2.24) is 9.97 Å². The van der Waals surface area contributed by atoms with Gasteiger partial charge in [-0.15, -0.1) is 0 Å². The van der Waals surface area contributed by atoms with Gasteiger partial charge in [-0.3, -0.25) is 4.98 Å². The topological polar surface area (TPSA) is 61.0 Å². The molecule has 2 N–H and O–H groups in total. The second-order valence-electron chi connectivity index (χ2n) is 3.94. The summed E-state index contributed by atoms with van der Waals surface area (Å²) < 4.78 is 18.9. The van der Waals surface area contributed by atoms with Gasteiger partial charge in [0.25, 0.3) is 0 Å². The Labute approximate surface area is 105 Å². The molecule has 0 bridgehead atoms. The lowest BCUT2D eigenvalue weighted by Gasteiger charge is -2.07. The highest BCUT2D eigenvalue weighted by Gasteiger charge is 2.05. The van der Waals surface area contributed by atoms with Gasteiger partial charge in [0.1, 0.15) is 11.6 Å². The van der Waals surface area contributed by atoms with Crippen molar-refractivity contribution in [2.45, 2.75) is 20.4 Å². The number of aryl methyl sites for hydroxylation is 2. The highest BCUT2D eigenvalue weighted by Crippen LogP contribution is 2.22. The van der Waals surface area contributed by atoms with Gasteiger partial charge in [0.2, 0.25) is 5.88 Å². The molecule has 0 saturated heterocycles. The summed E-state index contributed by atoms with van der Waals surface area (Å²) in [4.78, 5) is 8.34. The fourth-order valence-corrected chi connectivity index (χ4v) is 1.45. The SMILES string of the molecule is Cc1ncc(Oc2ccc(CN)c(F)c2)nc1C. The van der Waals surface area contributed by atoms with E-state index in [2.05, 4.69) is 9.97 Å². The number of rotatable bonds is 3. The van der Waals surface area contributed by atoms with Crippen molar-refractivity contribution in [3.63, 3.8) is 0 Å². The molecule has 0 radical (unpaired) electrons. The molecule has 0 atom stereocenters. The van der Waals surface area contributed by atoms with Crippen LogP contribution in [0.5, 0.6) is 11.6 Å². The number of aromatic nitrogens is 2. The molecule has 0 amide bonds. The number of ether oxygens (including phenoxy) is 1. The second kappa shape index (κ2) is 5.10. The maximum absolute atomic E-state index is 13.5. The smallest absolute Gasteiger partial charge is 0.238 e. The monoisotopic (exact) mass is 247 g/mol. The van der Waals surface area contributed by atoms with E-state index in [9.17, 15) is 4.39 Å². The first-order valence-corrected chi connectivity index (χ1v) is 5.56. The van der Waals surface area contributed by atoms with E-state index >= 15 is 0 Å². The van der Waals surface area contributed by atoms with Gasteiger partial charge >= 0.3 is 0 Å². The Morgan fingerprint density at radius 2 is 2.06 bits per heavy atom. The Bertz CT molecular complexity index is 572. The molecule has 0 spiro atoms. The number of benzene rings is 1. The van der Waals surface area contributed by atoms with Crippen LogP contribution >= 0.6 is 0 Å². The van der Waals surface area contributed by atoms with Crippen molar-refractivity contribution in [2.24, 2.45) is 5.73 Å². The van der Waals surface area contributed by atoms with E-state index in [0.29, 0.717) is 17.2 Å². The number of hydrogen-bond acceptors (Lipinski definition) is 4. The summed E-state index contributed by atoms with van der Waals surface area (Å²) >= 11 is 0. The van der Waals surface area contributed by atoms with E-state index in [0.717, 1.165) is 11.4 Å². The van der Waals surface area contributed by atoms with Crippen LogP contribution < -0.4 is 10.5 Å². The van der Waals surface area contributed by atoms with Crippen LogP contribution in [0.2, 0.25) is 0 Å². The van der Waals surface area contributed by atoms with Crippen LogP contribution in [0.1, 0.15) is 17.0 Å². The van der Waals surface area contributed by atoms with Crippen LogP contribution in [0, 0.1) is 19.7 Å². The molecule has 0 aliphatic carbocycles. The zero-order valence-corrected chi connectivity index (χ0v) is 10.3. The van der Waals surface area contributed by atoms with Crippen LogP contribution in [-0.2, 0) is 6.54 Å². The molecule has 1 aromatic heterocycles. The Balaban J connectivity index is 2.23.